The Morgan fingerprint density at radius 3 is 2.27 bits per heavy atom. The minimum absolute atomic E-state index is 0. The molecule has 0 fully saturated rings. The molecule has 0 saturated heterocycles. The van der Waals surface area contributed by atoms with E-state index in [-0.39, 0.29) is 34.4 Å². The van der Waals surface area contributed by atoms with E-state index in [0.717, 1.165) is 16.3 Å². The summed E-state index contributed by atoms with van der Waals surface area (Å²) in [6, 6.07) is 0. The van der Waals surface area contributed by atoms with Crippen molar-refractivity contribution in [2.75, 3.05) is 0 Å². The standard InChI is InChI=1S/C6H7NO2S.Na/c1-3-5(6(8)9)10-4(2)7-3;/h1-2H3,(H,8,9);/q;+1/p-1. The Labute approximate surface area is 90.8 Å². The van der Waals surface area contributed by atoms with Gasteiger partial charge < -0.3 is 9.90 Å². The molecule has 3 nitrogen and oxygen atoms in total. The summed E-state index contributed by atoms with van der Waals surface area (Å²) in [7, 11) is 0. The predicted molar refractivity (Wildman–Crippen MR) is 35.9 cm³/mol. The quantitative estimate of drug-likeness (QED) is 0.435. The summed E-state index contributed by atoms with van der Waals surface area (Å²) in [6.07, 6.45) is 0. The van der Waals surface area contributed by atoms with Crippen LogP contribution in [0.3, 0.4) is 0 Å². The fourth-order valence-electron chi connectivity index (χ4n) is 0.721. The van der Waals surface area contributed by atoms with E-state index >= 15 is 0 Å². The van der Waals surface area contributed by atoms with Gasteiger partial charge in [0.15, 0.2) is 0 Å². The van der Waals surface area contributed by atoms with Crippen molar-refractivity contribution in [2.24, 2.45) is 0 Å². The van der Waals surface area contributed by atoms with Gasteiger partial charge in [-0.25, -0.2) is 4.98 Å². The number of aromatic nitrogens is 1. The van der Waals surface area contributed by atoms with Gasteiger partial charge in [-0.15, -0.1) is 11.3 Å². The van der Waals surface area contributed by atoms with Crippen molar-refractivity contribution in [2.45, 2.75) is 13.8 Å². The van der Waals surface area contributed by atoms with E-state index in [1.54, 1.807) is 13.8 Å². The van der Waals surface area contributed by atoms with Crippen LogP contribution in [0.4, 0.5) is 0 Å². The zero-order chi connectivity index (χ0) is 7.72. The third kappa shape index (κ3) is 2.56. The molecule has 0 aliphatic rings. The van der Waals surface area contributed by atoms with Gasteiger partial charge in [-0.1, -0.05) is 0 Å². The van der Waals surface area contributed by atoms with Crippen LogP contribution in [0.5, 0.6) is 0 Å². The van der Waals surface area contributed by atoms with Crippen LogP contribution in [0.25, 0.3) is 0 Å². The average molecular weight is 179 g/mol. The summed E-state index contributed by atoms with van der Waals surface area (Å²) < 4.78 is 0. The number of carboxylic acid groups (broad SMARTS) is 1. The van der Waals surface area contributed by atoms with Crippen molar-refractivity contribution < 1.29 is 39.5 Å². The maximum absolute atomic E-state index is 10.3. The number of carboxylic acids is 1. The van der Waals surface area contributed by atoms with Crippen LogP contribution in [0.15, 0.2) is 0 Å². The van der Waals surface area contributed by atoms with Gasteiger partial charge in [0, 0.05) is 0 Å². The molecule has 5 heteroatoms. The van der Waals surface area contributed by atoms with Crippen molar-refractivity contribution in [3.8, 4) is 0 Å². The summed E-state index contributed by atoms with van der Waals surface area (Å²) in [5.41, 5.74) is 0.544. The number of thiazole rings is 1. The Bertz CT molecular complexity index is 272. The number of rotatable bonds is 1. The molecule has 54 valence electrons. The van der Waals surface area contributed by atoms with Crippen molar-refractivity contribution in [3.63, 3.8) is 0 Å². The van der Waals surface area contributed by atoms with Crippen LogP contribution in [0.2, 0.25) is 0 Å². The fourth-order valence-corrected chi connectivity index (χ4v) is 1.48. The van der Waals surface area contributed by atoms with Gasteiger partial charge >= 0.3 is 29.6 Å². The number of carbonyl (C=O) groups is 1. The Morgan fingerprint density at radius 2 is 2.09 bits per heavy atom. The Kier molecular flexibility index (Phi) is 4.25. The van der Waals surface area contributed by atoms with E-state index in [0.29, 0.717) is 5.69 Å². The molecule has 0 aliphatic heterocycles. The van der Waals surface area contributed by atoms with E-state index in [1.165, 1.54) is 0 Å². The van der Waals surface area contributed by atoms with Gasteiger partial charge in [0.05, 0.1) is 21.5 Å². The van der Waals surface area contributed by atoms with Crippen LogP contribution in [-0.4, -0.2) is 11.0 Å². The third-order valence-electron chi connectivity index (χ3n) is 1.09. The van der Waals surface area contributed by atoms with Crippen LogP contribution in [0.1, 0.15) is 20.4 Å². The minimum Gasteiger partial charge on any atom is -0.544 e. The van der Waals surface area contributed by atoms with Gasteiger partial charge in [0.25, 0.3) is 0 Å². The first-order valence-electron chi connectivity index (χ1n) is 2.76. The van der Waals surface area contributed by atoms with Gasteiger partial charge in [-0.2, -0.15) is 0 Å². The maximum atomic E-state index is 10.3. The van der Waals surface area contributed by atoms with Crippen LogP contribution >= 0.6 is 11.3 Å². The molecule has 0 radical (unpaired) electrons. The number of hydrogen-bond acceptors (Lipinski definition) is 4. The molecule has 0 atom stereocenters. The summed E-state index contributed by atoms with van der Waals surface area (Å²) in [5, 5.41) is 11.1. The average Bonchev–Trinajstić information content (AvgIpc) is 2.10. The predicted octanol–water partition coefficient (Wildman–Crippen LogP) is -2.87. The Hall–Kier alpha value is 0.1000. The normalized spacial score (nSPS) is 8.91. The van der Waals surface area contributed by atoms with E-state index in [1.807, 2.05) is 0 Å². The summed E-state index contributed by atoms with van der Waals surface area (Å²) in [6.45, 7) is 3.43. The first-order valence-corrected chi connectivity index (χ1v) is 3.58. The van der Waals surface area contributed by atoms with Crippen molar-refractivity contribution in [3.05, 3.63) is 15.6 Å². The summed E-state index contributed by atoms with van der Waals surface area (Å²) in [5.74, 6) is -1.14. The molecule has 0 amide bonds. The van der Waals surface area contributed by atoms with Gasteiger partial charge in [-0.3, -0.25) is 0 Å². The van der Waals surface area contributed by atoms with Crippen molar-refractivity contribution in [1.29, 1.82) is 0 Å². The van der Waals surface area contributed by atoms with Crippen LogP contribution < -0.4 is 34.7 Å². The molecule has 0 bridgehead atoms. The first kappa shape index (κ1) is 11.1. The Balaban J connectivity index is 0.000001000. The molecule has 1 rings (SSSR count). The van der Waals surface area contributed by atoms with Gasteiger partial charge in [0.1, 0.15) is 0 Å². The van der Waals surface area contributed by atoms with Crippen molar-refractivity contribution in [1.82, 2.24) is 4.98 Å². The molecule has 1 aromatic rings. The second kappa shape index (κ2) is 4.21. The van der Waals surface area contributed by atoms with Crippen LogP contribution in [-0.2, 0) is 0 Å². The second-order valence-corrected chi connectivity index (χ2v) is 3.14. The van der Waals surface area contributed by atoms with E-state index < -0.39 is 5.97 Å². The molecule has 11 heavy (non-hydrogen) atoms. The zero-order valence-corrected chi connectivity index (χ0v) is 9.49. The molecule has 0 unspecified atom stereocenters. The monoisotopic (exact) mass is 179 g/mol. The molecule has 0 spiro atoms. The molecular weight excluding hydrogens is 173 g/mol. The molecule has 0 aromatic carbocycles. The zero-order valence-electron chi connectivity index (χ0n) is 6.67. The number of hydrogen-bond donors (Lipinski definition) is 0. The largest absolute Gasteiger partial charge is 1.00 e. The SMILES string of the molecule is Cc1nc(C)c(C(=O)[O-])s1.[Na+]. The topological polar surface area (TPSA) is 53.0 Å². The van der Waals surface area contributed by atoms with E-state index in [9.17, 15) is 9.90 Å². The second-order valence-electron chi connectivity index (χ2n) is 1.93. The number of carbonyl (C=O) groups excluding carboxylic acids is 1. The number of aryl methyl sites for hydroxylation is 2. The molecule has 0 saturated carbocycles. The number of aromatic carboxylic acids is 1. The van der Waals surface area contributed by atoms with E-state index in [2.05, 4.69) is 4.98 Å². The van der Waals surface area contributed by atoms with Gasteiger partial charge in [-0.05, 0) is 13.8 Å². The molecular formula is C6H6NNaO2S. The van der Waals surface area contributed by atoms with Crippen LogP contribution in [0, 0.1) is 13.8 Å². The smallest absolute Gasteiger partial charge is 0.544 e. The molecule has 0 N–H and O–H groups in total. The number of nitrogens with zero attached hydrogens (tertiary/aromatic N) is 1. The Morgan fingerprint density at radius 1 is 1.55 bits per heavy atom. The summed E-state index contributed by atoms with van der Waals surface area (Å²) >= 11 is 1.15. The molecule has 1 aromatic heterocycles. The van der Waals surface area contributed by atoms with Crippen molar-refractivity contribution >= 4 is 17.3 Å². The molecule has 0 aliphatic carbocycles. The molecule has 1 heterocycles. The third-order valence-corrected chi connectivity index (χ3v) is 2.14. The van der Waals surface area contributed by atoms with E-state index in [4.69, 9.17) is 0 Å². The maximum Gasteiger partial charge on any atom is 1.00 e. The minimum atomic E-state index is -1.14. The first-order chi connectivity index (χ1) is 4.61. The van der Waals surface area contributed by atoms with Gasteiger partial charge in [0.2, 0.25) is 0 Å². The fraction of sp³-hybridized carbons (Fsp3) is 0.333. The summed E-state index contributed by atoms with van der Waals surface area (Å²) in [4.78, 5) is 14.5.